The molecule has 0 radical (unpaired) electrons. The molecule has 1 aromatic rings. The highest BCUT2D eigenvalue weighted by Gasteiger charge is 2.35. The first kappa shape index (κ1) is 14.3. The van der Waals surface area contributed by atoms with Gasteiger partial charge in [-0.25, -0.2) is 0 Å². The molecule has 1 saturated carbocycles. The molecule has 1 aliphatic carbocycles. The van der Waals surface area contributed by atoms with Gasteiger partial charge >= 0.3 is 0 Å². The zero-order valence-corrected chi connectivity index (χ0v) is 12.3. The van der Waals surface area contributed by atoms with Crippen LogP contribution in [0.1, 0.15) is 19.3 Å². The molecule has 1 amide bonds. The number of carbonyl (C=O) groups excluding carboxylic acids is 1. The minimum atomic E-state index is 0.151. The molecule has 1 aliphatic heterocycles. The number of hydrogen-bond donors (Lipinski definition) is 1. The number of piperazine rings is 1. The van der Waals surface area contributed by atoms with Crippen molar-refractivity contribution < 1.29 is 4.79 Å². The fourth-order valence-electron chi connectivity index (χ4n) is 3.50. The summed E-state index contributed by atoms with van der Waals surface area (Å²) in [5.41, 5.74) is 5.80. The van der Waals surface area contributed by atoms with Gasteiger partial charge in [-0.2, -0.15) is 5.10 Å². The molecule has 21 heavy (non-hydrogen) atoms. The van der Waals surface area contributed by atoms with Crippen LogP contribution in [0.3, 0.4) is 0 Å². The monoisotopic (exact) mass is 289 g/mol. The first-order chi connectivity index (χ1) is 10.3. The number of hydrogen-bond acceptors (Lipinski definition) is 5. The van der Waals surface area contributed by atoms with Gasteiger partial charge in [0.05, 0.1) is 0 Å². The van der Waals surface area contributed by atoms with E-state index in [0.717, 1.165) is 51.3 Å². The van der Waals surface area contributed by atoms with Crippen molar-refractivity contribution in [3.8, 4) is 0 Å². The van der Waals surface area contributed by atoms with E-state index in [9.17, 15) is 4.79 Å². The zero-order chi connectivity index (χ0) is 14.7. The van der Waals surface area contributed by atoms with Crippen LogP contribution in [0.25, 0.3) is 0 Å². The summed E-state index contributed by atoms with van der Waals surface area (Å²) in [6.07, 6.45) is 4.92. The molecule has 0 unspecified atom stereocenters. The van der Waals surface area contributed by atoms with Gasteiger partial charge in [-0.15, -0.1) is 5.10 Å². The lowest BCUT2D eigenvalue weighted by Crippen LogP contribution is -2.51. The molecule has 2 heterocycles. The molecule has 0 spiro atoms. The van der Waals surface area contributed by atoms with E-state index in [1.807, 2.05) is 17.0 Å². The highest BCUT2D eigenvalue weighted by molar-refractivity contribution is 5.79. The van der Waals surface area contributed by atoms with Gasteiger partial charge in [-0.1, -0.05) is 6.42 Å². The van der Waals surface area contributed by atoms with Crippen LogP contribution < -0.4 is 10.6 Å². The Balaban J connectivity index is 1.57. The van der Waals surface area contributed by atoms with Crippen LogP contribution in [0.5, 0.6) is 0 Å². The highest BCUT2D eigenvalue weighted by atomic mass is 16.2. The third-order valence-corrected chi connectivity index (χ3v) is 4.75. The second-order valence-electron chi connectivity index (χ2n) is 5.93. The summed E-state index contributed by atoms with van der Waals surface area (Å²) < 4.78 is 0. The SMILES string of the molecule is NC[C@H]1CCC[C@H]1C(=O)N1CCN(c2cccnn2)CC1. The van der Waals surface area contributed by atoms with Gasteiger partial charge in [0, 0.05) is 38.3 Å². The van der Waals surface area contributed by atoms with Gasteiger partial charge in [0.25, 0.3) is 0 Å². The molecule has 114 valence electrons. The third kappa shape index (κ3) is 3.00. The van der Waals surface area contributed by atoms with E-state index in [2.05, 4.69) is 15.1 Å². The Bertz CT molecular complexity index is 472. The smallest absolute Gasteiger partial charge is 0.226 e. The lowest BCUT2D eigenvalue weighted by atomic mass is 9.94. The Kier molecular flexibility index (Phi) is 4.34. The molecule has 0 aromatic carbocycles. The summed E-state index contributed by atoms with van der Waals surface area (Å²) >= 11 is 0. The Labute approximate surface area is 125 Å². The lowest BCUT2D eigenvalue weighted by Gasteiger charge is -2.37. The molecule has 2 N–H and O–H groups in total. The molecule has 0 bridgehead atoms. The van der Waals surface area contributed by atoms with Crippen molar-refractivity contribution in [3.05, 3.63) is 18.3 Å². The van der Waals surface area contributed by atoms with Gasteiger partial charge in [0.2, 0.25) is 5.91 Å². The molecule has 2 aliphatic rings. The van der Waals surface area contributed by atoms with Gasteiger partial charge in [-0.3, -0.25) is 4.79 Å². The predicted molar refractivity (Wildman–Crippen MR) is 80.7 cm³/mol. The van der Waals surface area contributed by atoms with Gasteiger partial charge in [0.1, 0.15) is 0 Å². The average molecular weight is 289 g/mol. The first-order valence-electron chi connectivity index (χ1n) is 7.81. The topological polar surface area (TPSA) is 75.4 Å². The van der Waals surface area contributed by atoms with Crippen LogP contribution in [0.2, 0.25) is 0 Å². The second-order valence-corrected chi connectivity index (χ2v) is 5.93. The van der Waals surface area contributed by atoms with Crippen LogP contribution in [0.15, 0.2) is 18.3 Å². The minimum absolute atomic E-state index is 0.151. The summed E-state index contributed by atoms with van der Waals surface area (Å²) in [7, 11) is 0. The van der Waals surface area contributed by atoms with E-state index in [0.29, 0.717) is 18.4 Å². The molecule has 2 atom stereocenters. The maximum atomic E-state index is 12.6. The van der Waals surface area contributed by atoms with Crippen molar-refractivity contribution >= 4 is 11.7 Å². The molecule has 1 aromatic heterocycles. The molecule has 3 rings (SSSR count). The number of nitrogens with two attached hydrogens (primary N) is 1. The van der Waals surface area contributed by atoms with Gasteiger partial charge in [0.15, 0.2) is 5.82 Å². The number of amides is 1. The van der Waals surface area contributed by atoms with Gasteiger partial charge in [-0.05, 0) is 37.4 Å². The molecular formula is C15H23N5O. The molecule has 6 heteroatoms. The van der Waals surface area contributed by atoms with E-state index in [1.165, 1.54) is 0 Å². The predicted octanol–water partition coefficient (Wildman–Crippen LogP) is 0.500. The number of nitrogens with zero attached hydrogens (tertiary/aromatic N) is 4. The van der Waals surface area contributed by atoms with Crippen LogP contribution in [-0.4, -0.2) is 53.7 Å². The lowest BCUT2D eigenvalue weighted by molar-refractivity contribution is -0.136. The maximum Gasteiger partial charge on any atom is 0.226 e. The standard InChI is InChI=1S/C15H23N5O/c16-11-12-3-1-4-13(12)15(21)20-9-7-19(8-10-20)14-5-2-6-17-18-14/h2,5-6,12-13H,1,3-4,7-11,16H2/t12-,13-/m1/s1. The zero-order valence-electron chi connectivity index (χ0n) is 12.3. The summed E-state index contributed by atoms with van der Waals surface area (Å²) in [6.45, 7) is 3.82. The summed E-state index contributed by atoms with van der Waals surface area (Å²) in [5, 5.41) is 8.04. The number of carbonyl (C=O) groups is 1. The van der Waals surface area contributed by atoms with Crippen molar-refractivity contribution in [3.63, 3.8) is 0 Å². The van der Waals surface area contributed by atoms with Crippen LogP contribution in [0, 0.1) is 11.8 Å². The summed E-state index contributed by atoms with van der Waals surface area (Å²) in [4.78, 5) is 16.8. The summed E-state index contributed by atoms with van der Waals surface area (Å²) in [6, 6.07) is 3.86. The van der Waals surface area contributed by atoms with E-state index in [4.69, 9.17) is 5.73 Å². The van der Waals surface area contributed by atoms with Crippen LogP contribution in [-0.2, 0) is 4.79 Å². The fraction of sp³-hybridized carbons (Fsp3) is 0.667. The van der Waals surface area contributed by atoms with Crippen LogP contribution >= 0.6 is 0 Å². The van der Waals surface area contributed by atoms with Crippen molar-refractivity contribution in [2.75, 3.05) is 37.6 Å². The van der Waals surface area contributed by atoms with Crippen LogP contribution in [0.4, 0.5) is 5.82 Å². The first-order valence-corrected chi connectivity index (χ1v) is 7.81. The van der Waals surface area contributed by atoms with E-state index in [1.54, 1.807) is 6.20 Å². The fourth-order valence-corrected chi connectivity index (χ4v) is 3.50. The highest BCUT2D eigenvalue weighted by Crippen LogP contribution is 2.32. The Morgan fingerprint density at radius 1 is 1.29 bits per heavy atom. The van der Waals surface area contributed by atoms with Crippen molar-refractivity contribution in [2.45, 2.75) is 19.3 Å². The maximum absolute atomic E-state index is 12.6. The number of anilines is 1. The Morgan fingerprint density at radius 2 is 2.10 bits per heavy atom. The minimum Gasteiger partial charge on any atom is -0.352 e. The molecular weight excluding hydrogens is 266 g/mol. The Hall–Kier alpha value is -1.69. The second kappa shape index (κ2) is 6.39. The molecule has 6 nitrogen and oxygen atoms in total. The third-order valence-electron chi connectivity index (χ3n) is 4.75. The van der Waals surface area contributed by atoms with E-state index < -0.39 is 0 Å². The van der Waals surface area contributed by atoms with Crippen molar-refractivity contribution in [1.29, 1.82) is 0 Å². The van der Waals surface area contributed by atoms with Crippen molar-refractivity contribution in [1.82, 2.24) is 15.1 Å². The van der Waals surface area contributed by atoms with E-state index in [-0.39, 0.29) is 5.92 Å². The quantitative estimate of drug-likeness (QED) is 0.877. The normalized spacial score (nSPS) is 26.1. The van der Waals surface area contributed by atoms with Crippen molar-refractivity contribution in [2.24, 2.45) is 17.6 Å². The summed E-state index contributed by atoms with van der Waals surface area (Å²) in [5.74, 6) is 1.74. The number of rotatable bonds is 3. The average Bonchev–Trinajstić information content (AvgIpc) is 3.04. The number of aromatic nitrogens is 2. The molecule has 1 saturated heterocycles. The van der Waals surface area contributed by atoms with Gasteiger partial charge < -0.3 is 15.5 Å². The largest absolute Gasteiger partial charge is 0.352 e. The van der Waals surface area contributed by atoms with E-state index >= 15 is 0 Å². The Morgan fingerprint density at radius 3 is 2.76 bits per heavy atom. The molecule has 2 fully saturated rings.